The summed E-state index contributed by atoms with van der Waals surface area (Å²) in [5, 5.41) is 15.7. The maximum Gasteiger partial charge on any atom is 0.315 e. The van der Waals surface area contributed by atoms with Crippen LogP contribution in [0.3, 0.4) is 0 Å². The molecule has 6 aromatic carbocycles. The summed E-state index contributed by atoms with van der Waals surface area (Å²) in [6.45, 7) is 5.37. The van der Waals surface area contributed by atoms with Gasteiger partial charge in [-0.15, -0.1) is 0 Å². The first-order chi connectivity index (χ1) is 27.0. The van der Waals surface area contributed by atoms with Gasteiger partial charge in [0.25, 0.3) is 0 Å². The van der Waals surface area contributed by atoms with E-state index in [0.717, 1.165) is 52.0 Å². The van der Waals surface area contributed by atoms with Gasteiger partial charge < -0.3 is 25.2 Å². The van der Waals surface area contributed by atoms with E-state index >= 15 is 0 Å². The van der Waals surface area contributed by atoms with Crippen LogP contribution in [-0.4, -0.2) is 28.7 Å². The minimum absolute atomic E-state index is 0.00333. The molecule has 0 bridgehead atoms. The Morgan fingerprint density at radius 1 is 0.600 bits per heavy atom. The molecule has 0 aliphatic carbocycles. The SMILES string of the molecule is C[C@@H]1[C@H](CN(Cc2ccccc2)Cc2ccccc2)O[C@H](c2ccc(-c3ccccc3CNC(=O)NCc3ccccc3)cc2)O[C@@H]1c1ccc(CO)cc1. The lowest BCUT2D eigenvalue weighted by Crippen LogP contribution is -2.44. The number of nitrogens with one attached hydrogen (secondary N) is 2. The summed E-state index contributed by atoms with van der Waals surface area (Å²) in [7, 11) is 0. The highest BCUT2D eigenvalue weighted by molar-refractivity contribution is 5.75. The molecule has 1 aliphatic heterocycles. The highest BCUT2D eigenvalue weighted by Crippen LogP contribution is 2.42. The van der Waals surface area contributed by atoms with Gasteiger partial charge in [0.05, 0.1) is 18.8 Å². The normalized spacial score (nSPS) is 18.2. The molecule has 0 unspecified atom stereocenters. The highest BCUT2D eigenvalue weighted by Gasteiger charge is 2.39. The van der Waals surface area contributed by atoms with Crippen LogP contribution in [0.15, 0.2) is 164 Å². The van der Waals surface area contributed by atoms with Crippen molar-refractivity contribution in [3.8, 4) is 11.1 Å². The van der Waals surface area contributed by atoms with Crippen LogP contribution in [0.1, 0.15) is 58.3 Å². The van der Waals surface area contributed by atoms with Gasteiger partial charge in [-0.25, -0.2) is 4.79 Å². The summed E-state index contributed by atoms with van der Waals surface area (Å²) < 4.78 is 13.7. The van der Waals surface area contributed by atoms with Crippen molar-refractivity contribution in [2.45, 2.75) is 58.2 Å². The number of aliphatic hydroxyl groups is 1. The molecule has 0 aromatic heterocycles. The Kier molecular flexibility index (Phi) is 12.8. The van der Waals surface area contributed by atoms with Crippen molar-refractivity contribution in [3.63, 3.8) is 0 Å². The monoisotopic (exact) mass is 731 g/mol. The van der Waals surface area contributed by atoms with Gasteiger partial charge in [-0.3, -0.25) is 4.90 Å². The molecule has 1 saturated heterocycles. The quantitative estimate of drug-likeness (QED) is 0.104. The molecule has 1 aliphatic rings. The number of amides is 2. The Morgan fingerprint density at radius 2 is 1.15 bits per heavy atom. The Bertz CT molecular complexity index is 2030. The number of aliphatic hydroxyl groups excluding tert-OH is 1. The molecule has 0 saturated carbocycles. The largest absolute Gasteiger partial charge is 0.392 e. The molecule has 2 amide bonds. The van der Waals surface area contributed by atoms with Crippen LogP contribution in [-0.2, 0) is 42.3 Å². The van der Waals surface area contributed by atoms with Crippen LogP contribution in [0.2, 0.25) is 0 Å². The summed E-state index contributed by atoms with van der Waals surface area (Å²) in [4.78, 5) is 15.1. The molecule has 6 aromatic rings. The highest BCUT2D eigenvalue weighted by atomic mass is 16.7. The van der Waals surface area contributed by atoms with Crippen molar-refractivity contribution in [2.75, 3.05) is 6.54 Å². The van der Waals surface area contributed by atoms with E-state index in [1.807, 2.05) is 60.7 Å². The fourth-order valence-electron chi connectivity index (χ4n) is 7.24. The number of carbonyl (C=O) groups excluding carboxylic acids is 1. The third-order valence-corrected chi connectivity index (χ3v) is 10.3. The maximum atomic E-state index is 12.7. The summed E-state index contributed by atoms with van der Waals surface area (Å²) in [6.07, 6.45) is -0.933. The standard InChI is InChI=1S/C48H49N3O4/c1-35-45(33-51(31-37-15-7-3-8-16-37)32-38-17-9-4-10-18-38)54-47(55-46(35)41-23-21-39(34-52)22-24-41)42-27-25-40(26-28-42)44-20-12-11-19-43(44)30-50-48(53)49-29-36-13-5-2-6-14-36/h2-28,35,45-47,52H,29-34H2,1H3,(H2,49,50,53)/t35-,45+,46+,47+/m1/s1. The molecule has 0 spiro atoms. The van der Waals surface area contributed by atoms with Crippen molar-refractivity contribution in [1.82, 2.24) is 15.5 Å². The molecule has 1 fully saturated rings. The van der Waals surface area contributed by atoms with Crippen LogP contribution in [0, 0.1) is 5.92 Å². The second-order valence-electron chi connectivity index (χ2n) is 14.3. The lowest BCUT2D eigenvalue weighted by molar-refractivity contribution is -0.276. The topological polar surface area (TPSA) is 83.1 Å². The first kappa shape index (κ1) is 37.7. The molecule has 1 heterocycles. The van der Waals surface area contributed by atoms with E-state index in [0.29, 0.717) is 19.6 Å². The van der Waals surface area contributed by atoms with Crippen molar-refractivity contribution in [1.29, 1.82) is 0 Å². The summed E-state index contributed by atoms with van der Waals surface area (Å²) in [6, 6.07) is 55.4. The van der Waals surface area contributed by atoms with Crippen molar-refractivity contribution >= 4 is 6.03 Å². The van der Waals surface area contributed by atoms with E-state index in [-0.39, 0.29) is 30.8 Å². The van der Waals surface area contributed by atoms with Gasteiger partial charge in [0.1, 0.15) is 0 Å². The zero-order valence-corrected chi connectivity index (χ0v) is 31.3. The predicted molar refractivity (Wildman–Crippen MR) is 217 cm³/mol. The Hall–Kier alpha value is -5.57. The Balaban J connectivity index is 1.10. The maximum absolute atomic E-state index is 12.7. The van der Waals surface area contributed by atoms with E-state index < -0.39 is 6.29 Å². The number of hydrogen-bond donors (Lipinski definition) is 3. The van der Waals surface area contributed by atoms with Crippen LogP contribution >= 0.6 is 0 Å². The van der Waals surface area contributed by atoms with E-state index in [2.05, 4.69) is 126 Å². The average molecular weight is 732 g/mol. The van der Waals surface area contributed by atoms with Crippen molar-refractivity contribution in [3.05, 3.63) is 203 Å². The molecule has 7 nitrogen and oxygen atoms in total. The molecule has 55 heavy (non-hydrogen) atoms. The van der Waals surface area contributed by atoms with Crippen molar-refractivity contribution < 1.29 is 19.4 Å². The summed E-state index contributed by atoms with van der Waals surface area (Å²) in [5.74, 6) is 0.0498. The first-order valence-corrected chi connectivity index (χ1v) is 19.1. The van der Waals surface area contributed by atoms with Gasteiger partial charge in [-0.2, -0.15) is 0 Å². The fraction of sp³-hybridized carbons (Fsp3) is 0.229. The lowest BCUT2D eigenvalue weighted by Gasteiger charge is -2.43. The molecule has 4 atom stereocenters. The van der Waals surface area contributed by atoms with Gasteiger partial charge in [0.15, 0.2) is 6.29 Å². The Morgan fingerprint density at radius 3 is 1.76 bits per heavy atom. The molecular formula is C48H49N3O4. The van der Waals surface area contributed by atoms with Crippen LogP contribution in [0.25, 0.3) is 11.1 Å². The third-order valence-electron chi connectivity index (χ3n) is 10.3. The number of urea groups is 1. The van der Waals surface area contributed by atoms with E-state index in [1.165, 1.54) is 11.1 Å². The van der Waals surface area contributed by atoms with E-state index in [9.17, 15) is 9.90 Å². The number of carbonyl (C=O) groups is 1. The summed E-state index contributed by atoms with van der Waals surface area (Å²) >= 11 is 0. The van der Waals surface area contributed by atoms with E-state index in [4.69, 9.17) is 9.47 Å². The van der Waals surface area contributed by atoms with E-state index in [1.54, 1.807) is 0 Å². The minimum Gasteiger partial charge on any atom is -0.392 e. The number of benzene rings is 6. The predicted octanol–water partition coefficient (Wildman–Crippen LogP) is 9.34. The lowest BCUT2D eigenvalue weighted by atomic mass is 9.89. The van der Waals surface area contributed by atoms with Gasteiger partial charge in [-0.05, 0) is 44.5 Å². The molecule has 7 heteroatoms. The zero-order chi connectivity index (χ0) is 37.8. The molecule has 0 radical (unpaired) electrons. The molecular weight excluding hydrogens is 683 g/mol. The third kappa shape index (κ3) is 10.1. The fourth-order valence-corrected chi connectivity index (χ4v) is 7.24. The number of hydrogen-bond acceptors (Lipinski definition) is 5. The van der Waals surface area contributed by atoms with Gasteiger partial charge >= 0.3 is 6.03 Å². The van der Waals surface area contributed by atoms with Gasteiger partial charge in [0.2, 0.25) is 0 Å². The number of nitrogens with zero attached hydrogens (tertiary/aromatic N) is 1. The van der Waals surface area contributed by atoms with Crippen LogP contribution in [0.5, 0.6) is 0 Å². The molecule has 7 rings (SSSR count). The van der Waals surface area contributed by atoms with Crippen LogP contribution in [0.4, 0.5) is 4.79 Å². The number of rotatable bonds is 14. The zero-order valence-electron chi connectivity index (χ0n) is 31.3. The Labute approximate surface area is 324 Å². The summed E-state index contributed by atoms with van der Waals surface area (Å²) in [5.41, 5.74) is 9.53. The molecule has 3 N–H and O–H groups in total. The smallest absolute Gasteiger partial charge is 0.315 e. The first-order valence-electron chi connectivity index (χ1n) is 19.1. The van der Waals surface area contributed by atoms with Gasteiger partial charge in [-0.1, -0.05) is 171 Å². The van der Waals surface area contributed by atoms with Gasteiger partial charge in [0, 0.05) is 44.2 Å². The number of ether oxygens (including phenoxy) is 2. The average Bonchev–Trinajstić information content (AvgIpc) is 3.24. The van der Waals surface area contributed by atoms with Crippen molar-refractivity contribution in [2.24, 2.45) is 5.92 Å². The van der Waals surface area contributed by atoms with Crippen LogP contribution < -0.4 is 10.6 Å². The molecule has 280 valence electrons. The second-order valence-corrected chi connectivity index (χ2v) is 14.3. The minimum atomic E-state index is -0.585. The second kappa shape index (κ2) is 18.7.